The lowest BCUT2D eigenvalue weighted by Crippen LogP contribution is -2.37. The Kier molecular flexibility index (Phi) is 4.58. The van der Waals surface area contributed by atoms with E-state index in [2.05, 4.69) is 15.2 Å². The highest BCUT2D eigenvalue weighted by Gasteiger charge is 2.20. The van der Waals surface area contributed by atoms with E-state index >= 15 is 0 Å². The van der Waals surface area contributed by atoms with Gasteiger partial charge in [-0.1, -0.05) is 0 Å². The lowest BCUT2D eigenvalue weighted by atomic mass is 9.97. The number of hydrogen-bond acceptors (Lipinski definition) is 4. The predicted octanol–water partition coefficient (Wildman–Crippen LogP) is 1.64. The van der Waals surface area contributed by atoms with Gasteiger partial charge in [0, 0.05) is 13.5 Å². The highest BCUT2D eigenvalue weighted by atomic mass is 16.4. The molecule has 1 N–H and O–H groups in total. The zero-order valence-electron chi connectivity index (χ0n) is 12.0. The normalized spacial score (nSPS) is 17.6. The molecular weight excluding hydrogens is 242 g/mol. The number of rotatable bonds is 4. The third kappa shape index (κ3) is 4.06. The Labute approximate surface area is 114 Å². The second-order valence-electron chi connectivity index (χ2n) is 5.41. The Morgan fingerprint density at radius 3 is 2.63 bits per heavy atom. The van der Waals surface area contributed by atoms with E-state index in [-0.39, 0.29) is 5.91 Å². The SMILES string of the molecule is CC(=O)NCC1CCN(Cc2nc(C)c(C)o2)CC1. The molecule has 2 rings (SSSR count). The molecule has 0 saturated carbocycles. The topological polar surface area (TPSA) is 58.4 Å². The quantitative estimate of drug-likeness (QED) is 0.899. The number of oxazole rings is 1. The molecular formula is C14H23N3O2. The fourth-order valence-corrected chi connectivity index (χ4v) is 2.43. The van der Waals surface area contributed by atoms with Crippen LogP contribution in [0, 0.1) is 19.8 Å². The van der Waals surface area contributed by atoms with Crippen molar-refractivity contribution in [3.63, 3.8) is 0 Å². The molecule has 0 aromatic carbocycles. The van der Waals surface area contributed by atoms with E-state index in [1.807, 2.05) is 13.8 Å². The van der Waals surface area contributed by atoms with Gasteiger partial charge in [0.1, 0.15) is 5.76 Å². The van der Waals surface area contributed by atoms with Gasteiger partial charge in [0.2, 0.25) is 11.8 Å². The zero-order chi connectivity index (χ0) is 13.8. The van der Waals surface area contributed by atoms with E-state index in [0.29, 0.717) is 5.92 Å². The average Bonchev–Trinajstić information content (AvgIpc) is 2.67. The minimum absolute atomic E-state index is 0.0631. The van der Waals surface area contributed by atoms with Gasteiger partial charge in [0.05, 0.1) is 12.2 Å². The number of hydrogen-bond donors (Lipinski definition) is 1. The molecule has 0 spiro atoms. The van der Waals surface area contributed by atoms with Crippen molar-refractivity contribution in [2.24, 2.45) is 5.92 Å². The number of likely N-dealkylation sites (tertiary alicyclic amines) is 1. The van der Waals surface area contributed by atoms with Gasteiger partial charge >= 0.3 is 0 Å². The van der Waals surface area contributed by atoms with E-state index in [1.165, 1.54) is 0 Å². The van der Waals surface area contributed by atoms with Gasteiger partial charge in [-0.25, -0.2) is 4.98 Å². The van der Waals surface area contributed by atoms with Crippen LogP contribution in [0.4, 0.5) is 0 Å². The summed E-state index contributed by atoms with van der Waals surface area (Å²) in [5, 5.41) is 2.90. The number of carbonyl (C=O) groups excluding carboxylic acids is 1. The Bertz CT molecular complexity index is 414. The van der Waals surface area contributed by atoms with Crippen LogP contribution in [0.2, 0.25) is 0 Å². The molecule has 106 valence electrons. The number of aryl methyl sites for hydroxylation is 2. The molecule has 0 aliphatic carbocycles. The Balaban J connectivity index is 1.75. The largest absolute Gasteiger partial charge is 0.444 e. The maximum Gasteiger partial charge on any atom is 0.216 e. The first-order valence-electron chi connectivity index (χ1n) is 6.94. The summed E-state index contributed by atoms with van der Waals surface area (Å²) in [5.41, 5.74) is 0.982. The molecule has 1 fully saturated rings. The molecule has 5 heteroatoms. The molecule has 1 aromatic rings. The third-order valence-electron chi connectivity index (χ3n) is 3.78. The van der Waals surface area contributed by atoms with Crippen LogP contribution in [0.1, 0.15) is 37.1 Å². The lowest BCUT2D eigenvalue weighted by molar-refractivity contribution is -0.119. The number of amides is 1. The fourth-order valence-electron chi connectivity index (χ4n) is 2.43. The smallest absolute Gasteiger partial charge is 0.216 e. The van der Waals surface area contributed by atoms with Crippen LogP contribution >= 0.6 is 0 Å². The molecule has 0 atom stereocenters. The van der Waals surface area contributed by atoms with Gasteiger partial charge in [0.15, 0.2) is 0 Å². The second kappa shape index (κ2) is 6.19. The number of carbonyl (C=O) groups is 1. The lowest BCUT2D eigenvalue weighted by Gasteiger charge is -2.31. The molecule has 1 saturated heterocycles. The van der Waals surface area contributed by atoms with E-state index in [0.717, 1.165) is 56.4 Å². The van der Waals surface area contributed by atoms with Crippen LogP contribution in [0.25, 0.3) is 0 Å². The number of nitrogens with zero attached hydrogens (tertiary/aromatic N) is 2. The summed E-state index contributed by atoms with van der Waals surface area (Å²) in [7, 11) is 0. The van der Waals surface area contributed by atoms with Crippen LogP contribution < -0.4 is 5.32 Å². The molecule has 0 bridgehead atoms. The summed E-state index contributed by atoms with van der Waals surface area (Å²) >= 11 is 0. The summed E-state index contributed by atoms with van der Waals surface area (Å²) in [6.45, 7) is 9.19. The number of aromatic nitrogens is 1. The minimum Gasteiger partial charge on any atom is -0.444 e. The molecule has 2 heterocycles. The Hall–Kier alpha value is -1.36. The number of nitrogens with one attached hydrogen (secondary N) is 1. The summed E-state index contributed by atoms with van der Waals surface area (Å²) in [4.78, 5) is 17.7. The molecule has 1 aliphatic heterocycles. The van der Waals surface area contributed by atoms with Gasteiger partial charge in [-0.2, -0.15) is 0 Å². The molecule has 0 radical (unpaired) electrons. The highest BCUT2D eigenvalue weighted by molar-refractivity contribution is 5.72. The van der Waals surface area contributed by atoms with Crippen LogP contribution in [0.5, 0.6) is 0 Å². The zero-order valence-corrected chi connectivity index (χ0v) is 12.0. The Morgan fingerprint density at radius 2 is 2.11 bits per heavy atom. The van der Waals surface area contributed by atoms with Crippen LogP contribution in [-0.2, 0) is 11.3 Å². The van der Waals surface area contributed by atoms with Crippen molar-refractivity contribution in [2.45, 2.75) is 40.2 Å². The van der Waals surface area contributed by atoms with Gasteiger partial charge < -0.3 is 9.73 Å². The minimum atomic E-state index is 0.0631. The van der Waals surface area contributed by atoms with Crippen molar-refractivity contribution < 1.29 is 9.21 Å². The van der Waals surface area contributed by atoms with Gasteiger partial charge in [0.25, 0.3) is 0 Å². The van der Waals surface area contributed by atoms with E-state index in [9.17, 15) is 4.79 Å². The maximum atomic E-state index is 10.9. The van der Waals surface area contributed by atoms with Gasteiger partial charge in [-0.15, -0.1) is 0 Å². The summed E-state index contributed by atoms with van der Waals surface area (Å²) in [5.74, 6) is 2.40. The molecule has 1 aliphatic rings. The van der Waals surface area contributed by atoms with Crippen LogP contribution in [-0.4, -0.2) is 35.4 Å². The van der Waals surface area contributed by atoms with Gasteiger partial charge in [-0.3, -0.25) is 9.69 Å². The molecule has 5 nitrogen and oxygen atoms in total. The summed E-state index contributed by atoms with van der Waals surface area (Å²) in [6, 6.07) is 0. The maximum absolute atomic E-state index is 10.9. The van der Waals surface area contributed by atoms with Crippen molar-refractivity contribution in [3.05, 3.63) is 17.3 Å². The molecule has 1 aromatic heterocycles. The first-order chi connectivity index (χ1) is 9.04. The van der Waals surface area contributed by atoms with E-state index in [1.54, 1.807) is 6.92 Å². The van der Waals surface area contributed by atoms with Gasteiger partial charge in [-0.05, 0) is 45.7 Å². The summed E-state index contributed by atoms with van der Waals surface area (Å²) in [6.07, 6.45) is 2.25. The van der Waals surface area contributed by atoms with Crippen LogP contribution in [0.3, 0.4) is 0 Å². The highest BCUT2D eigenvalue weighted by Crippen LogP contribution is 2.19. The first-order valence-corrected chi connectivity index (χ1v) is 6.94. The predicted molar refractivity (Wildman–Crippen MR) is 72.7 cm³/mol. The fraction of sp³-hybridized carbons (Fsp3) is 0.714. The average molecular weight is 265 g/mol. The van der Waals surface area contributed by atoms with Crippen molar-refractivity contribution in [1.82, 2.24) is 15.2 Å². The van der Waals surface area contributed by atoms with E-state index in [4.69, 9.17) is 4.42 Å². The monoisotopic (exact) mass is 265 g/mol. The van der Waals surface area contributed by atoms with Crippen molar-refractivity contribution in [2.75, 3.05) is 19.6 Å². The Morgan fingerprint density at radius 1 is 1.42 bits per heavy atom. The molecule has 1 amide bonds. The van der Waals surface area contributed by atoms with Crippen LogP contribution in [0.15, 0.2) is 4.42 Å². The standard InChI is InChI=1S/C14H23N3O2/c1-10-11(2)19-14(16-10)9-17-6-4-13(5-7-17)8-15-12(3)18/h13H,4-9H2,1-3H3,(H,15,18). The molecule has 19 heavy (non-hydrogen) atoms. The van der Waals surface area contributed by atoms with Crippen molar-refractivity contribution in [1.29, 1.82) is 0 Å². The molecule has 0 unspecified atom stereocenters. The number of piperidine rings is 1. The van der Waals surface area contributed by atoms with Crippen molar-refractivity contribution in [3.8, 4) is 0 Å². The van der Waals surface area contributed by atoms with E-state index < -0.39 is 0 Å². The summed E-state index contributed by atoms with van der Waals surface area (Å²) < 4.78 is 5.61. The van der Waals surface area contributed by atoms with Crippen molar-refractivity contribution >= 4 is 5.91 Å². The first kappa shape index (κ1) is 14.1. The third-order valence-corrected chi connectivity index (χ3v) is 3.78. The second-order valence-corrected chi connectivity index (χ2v) is 5.41.